The van der Waals surface area contributed by atoms with Crippen molar-refractivity contribution >= 4 is 17.5 Å². The van der Waals surface area contributed by atoms with Gasteiger partial charge in [-0.1, -0.05) is 20.8 Å². The molecule has 0 amide bonds. The van der Waals surface area contributed by atoms with E-state index in [2.05, 4.69) is 4.99 Å². The van der Waals surface area contributed by atoms with E-state index in [0.29, 0.717) is 12.3 Å². The average Bonchev–Trinajstić information content (AvgIpc) is 2.34. The molecule has 1 atom stereocenters. The summed E-state index contributed by atoms with van der Waals surface area (Å²) in [5.41, 5.74) is -0.00470. The van der Waals surface area contributed by atoms with Crippen LogP contribution in [0.1, 0.15) is 40.5 Å². The zero-order valence-corrected chi connectivity index (χ0v) is 12.8. The van der Waals surface area contributed by atoms with Crippen LogP contribution < -0.4 is 0 Å². The molecule has 0 aromatic rings. The van der Waals surface area contributed by atoms with Gasteiger partial charge in [-0.15, -0.1) is 0 Å². The summed E-state index contributed by atoms with van der Waals surface area (Å²) in [6.07, 6.45) is 1.04. The second-order valence-electron chi connectivity index (χ2n) is 5.77. The van der Waals surface area contributed by atoms with Crippen LogP contribution in [-0.4, -0.2) is 36.2 Å². The molecule has 5 nitrogen and oxygen atoms in total. The highest BCUT2D eigenvalue weighted by Crippen LogP contribution is 2.42. The number of carbonyl (C=O) groups is 2. The Kier molecular flexibility index (Phi) is 5.09. The molecule has 5 heteroatoms. The summed E-state index contributed by atoms with van der Waals surface area (Å²) in [4.78, 5) is 28.4. The smallest absolute Gasteiger partial charge is 0.316 e. The van der Waals surface area contributed by atoms with E-state index in [4.69, 9.17) is 4.74 Å². The van der Waals surface area contributed by atoms with Gasteiger partial charge in [-0.3, -0.25) is 14.6 Å². The van der Waals surface area contributed by atoms with Crippen molar-refractivity contribution in [2.24, 2.45) is 16.3 Å². The number of ketones is 1. The minimum atomic E-state index is -0.827. The monoisotopic (exact) mass is 281 g/mol. The molecule has 0 aromatic carbocycles. The van der Waals surface area contributed by atoms with Crippen LogP contribution >= 0.6 is 0 Å². The van der Waals surface area contributed by atoms with Gasteiger partial charge >= 0.3 is 5.97 Å². The van der Waals surface area contributed by atoms with E-state index in [1.165, 1.54) is 7.11 Å². The Hall–Kier alpha value is -1.65. The van der Waals surface area contributed by atoms with Gasteiger partial charge in [0.15, 0.2) is 5.78 Å². The van der Waals surface area contributed by atoms with Gasteiger partial charge in [-0.25, -0.2) is 0 Å². The molecule has 0 radical (unpaired) electrons. The number of methoxy groups -OCH3 is 1. The lowest BCUT2D eigenvalue weighted by atomic mass is 9.68. The summed E-state index contributed by atoms with van der Waals surface area (Å²) in [6.45, 7) is 7.80. The Morgan fingerprint density at radius 1 is 1.50 bits per heavy atom. The maximum atomic E-state index is 12.2. The van der Waals surface area contributed by atoms with Gasteiger partial charge in [0.2, 0.25) is 0 Å². The number of carbonyl (C=O) groups excluding carboxylic acids is 2. The number of hydrogen-bond donors (Lipinski definition) is 1. The summed E-state index contributed by atoms with van der Waals surface area (Å²) in [5, 5.41) is 10.4. The second-order valence-corrected chi connectivity index (χ2v) is 5.77. The van der Waals surface area contributed by atoms with Crippen LogP contribution in [0.4, 0.5) is 0 Å². The summed E-state index contributed by atoms with van der Waals surface area (Å²) >= 11 is 0. The number of Topliss-reactive ketones (excluding diaryl/α,β-unsaturated/α-hetero) is 1. The van der Waals surface area contributed by atoms with Crippen molar-refractivity contribution in [1.82, 2.24) is 0 Å². The first-order chi connectivity index (χ1) is 9.26. The van der Waals surface area contributed by atoms with Gasteiger partial charge in [0.1, 0.15) is 11.7 Å². The van der Waals surface area contributed by atoms with Crippen LogP contribution in [0.2, 0.25) is 0 Å². The molecular weight excluding hydrogens is 258 g/mol. The van der Waals surface area contributed by atoms with E-state index in [-0.39, 0.29) is 23.5 Å². The van der Waals surface area contributed by atoms with Crippen LogP contribution in [0.3, 0.4) is 0 Å². The van der Waals surface area contributed by atoms with Crippen molar-refractivity contribution in [2.75, 3.05) is 13.7 Å². The van der Waals surface area contributed by atoms with Crippen molar-refractivity contribution in [3.8, 4) is 0 Å². The van der Waals surface area contributed by atoms with Crippen molar-refractivity contribution in [2.45, 2.75) is 40.5 Å². The lowest BCUT2D eigenvalue weighted by Crippen LogP contribution is -2.41. The first kappa shape index (κ1) is 16.4. The van der Waals surface area contributed by atoms with Crippen LogP contribution in [0.25, 0.3) is 0 Å². The van der Waals surface area contributed by atoms with Crippen LogP contribution in [0.15, 0.2) is 16.3 Å². The highest BCUT2D eigenvalue weighted by molar-refractivity contribution is 6.23. The number of nitrogens with zero attached hydrogens (tertiary/aromatic N) is 1. The minimum absolute atomic E-state index is 0.174. The number of esters is 1. The van der Waals surface area contributed by atoms with Crippen LogP contribution in [-0.2, 0) is 14.3 Å². The van der Waals surface area contributed by atoms with E-state index in [1.54, 1.807) is 20.8 Å². The fourth-order valence-corrected chi connectivity index (χ4v) is 2.56. The molecule has 1 aliphatic rings. The zero-order chi connectivity index (χ0) is 15.5. The number of aliphatic hydroxyl groups is 1. The molecule has 1 rings (SSSR count). The predicted molar refractivity (Wildman–Crippen MR) is 76.8 cm³/mol. The number of aliphatic imine (C=N–C) groups is 1. The molecule has 0 saturated carbocycles. The molecule has 1 aliphatic carbocycles. The topological polar surface area (TPSA) is 76.0 Å². The maximum absolute atomic E-state index is 12.2. The third-order valence-corrected chi connectivity index (χ3v) is 3.58. The molecular formula is C15H23NO4. The van der Waals surface area contributed by atoms with Crippen molar-refractivity contribution in [1.29, 1.82) is 0 Å². The first-order valence-corrected chi connectivity index (χ1v) is 6.81. The van der Waals surface area contributed by atoms with Gasteiger partial charge in [-0.2, -0.15) is 0 Å². The van der Waals surface area contributed by atoms with Crippen LogP contribution in [0, 0.1) is 11.3 Å². The summed E-state index contributed by atoms with van der Waals surface area (Å²) < 4.78 is 4.76. The minimum Gasteiger partial charge on any atom is -0.511 e. The highest BCUT2D eigenvalue weighted by atomic mass is 16.5. The number of rotatable bonds is 4. The number of hydrogen-bond acceptors (Lipinski definition) is 5. The molecule has 0 heterocycles. The largest absolute Gasteiger partial charge is 0.511 e. The molecule has 0 unspecified atom stereocenters. The zero-order valence-electron chi connectivity index (χ0n) is 12.8. The lowest BCUT2D eigenvalue weighted by molar-refractivity contribution is -0.150. The molecule has 0 saturated heterocycles. The third-order valence-electron chi connectivity index (χ3n) is 3.58. The third kappa shape index (κ3) is 3.08. The summed E-state index contributed by atoms with van der Waals surface area (Å²) in [7, 11) is 1.28. The molecule has 0 aromatic heterocycles. The first-order valence-electron chi connectivity index (χ1n) is 6.81. The molecule has 0 bridgehead atoms. The van der Waals surface area contributed by atoms with Crippen LogP contribution in [0.5, 0.6) is 0 Å². The van der Waals surface area contributed by atoms with Gasteiger partial charge < -0.3 is 9.84 Å². The second kappa shape index (κ2) is 6.20. The van der Waals surface area contributed by atoms with Crippen molar-refractivity contribution in [3.05, 3.63) is 11.3 Å². The molecule has 0 aliphatic heterocycles. The summed E-state index contributed by atoms with van der Waals surface area (Å²) in [6, 6.07) is 0. The number of aliphatic hydroxyl groups excluding tert-OH is 1. The molecule has 0 fully saturated rings. The lowest BCUT2D eigenvalue weighted by Gasteiger charge is -2.36. The Morgan fingerprint density at radius 2 is 2.10 bits per heavy atom. The van der Waals surface area contributed by atoms with E-state index >= 15 is 0 Å². The van der Waals surface area contributed by atoms with Crippen molar-refractivity contribution in [3.63, 3.8) is 0 Å². The van der Waals surface area contributed by atoms with Gasteiger partial charge in [-0.05, 0) is 18.8 Å². The number of allylic oxidation sites excluding steroid dienone is 1. The molecule has 20 heavy (non-hydrogen) atoms. The quantitative estimate of drug-likeness (QED) is 0.634. The SMILES string of the molecule is CCCN=C(C)C1=C(O)[C@H](C(=O)OC)C(C)(C)CC1=O. The maximum Gasteiger partial charge on any atom is 0.316 e. The van der Waals surface area contributed by atoms with Gasteiger partial charge in [0, 0.05) is 18.7 Å². The van der Waals surface area contributed by atoms with Crippen molar-refractivity contribution < 1.29 is 19.4 Å². The Balaban J connectivity index is 3.33. The predicted octanol–water partition coefficient (Wildman–Crippen LogP) is 2.46. The summed E-state index contributed by atoms with van der Waals surface area (Å²) in [5.74, 6) is -1.74. The van der Waals surface area contributed by atoms with E-state index in [1.807, 2.05) is 6.92 Å². The van der Waals surface area contributed by atoms with Gasteiger partial charge in [0.25, 0.3) is 0 Å². The standard InChI is InChI=1S/C15H23NO4/c1-6-7-16-9(2)11-10(17)8-15(3,4)12(13(11)18)14(19)20-5/h12,18H,6-8H2,1-5H3/t12-/m1/s1. The van der Waals surface area contributed by atoms with Gasteiger partial charge in [0.05, 0.1) is 12.7 Å². The normalized spacial score (nSPS) is 22.9. The highest BCUT2D eigenvalue weighted by Gasteiger charge is 2.47. The molecule has 112 valence electrons. The number of ether oxygens (including phenoxy) is 1. The van der Waals surface area contributed by atoms with E-state index in [0.717, 1.165) is 6.42 Å². The average molecular weight is 281 g/mol. The van der Waals surface area contributed by atoms with E-state index < -0.39 is 17.3 Å². The fraction of sp³-hybridized carbons (Fsp3) is 0.667. The molecule has 1 N–H and O–H groups in total. The Morgan fingerprint density at radius 3 is 2.60 bits per heavy atom. The fourth-order valence-electron chi connectivity index (χ4n) is 2.56. The Bertz CT molecular complexity index is 474. The Labute approximate surface area is 119 Å². The molecule has 0 spiro atoms. The van der Waals surface area contributed by atoms with E-state index in [9.17, 15) is 14.7 Å².